The maximum atomic E-state index is 2.47. The van der Waals surface area contributed by atoms with Crippen LogP contribution in [0.25, 0.3) is 55.6 Å². The summed E-state index contributed by atoms with van der Waals surface area (Å²) in [6.07, 6.45) is 0.956. The maximum absolute atomic E-state index is 2.47. The van der Waals surface area contributed by atoms with Gasteiger partial charge in [-0.2, -0.15) is 0 Å². The van der Waals surface area contributed by atoms with Gasteiger partial charge in [0.15, 0.2) is 0 Å². The average molecular weight is 724 g/mol. The Morgan fingerprint density at radius 1 is 0.281 bits per heavy atom. The van der Waals surface area contributed by atoms with E-state index in [0.717, 1.165) is 23.5 Å². The van der Waals surface area contributed by atoms with E-state index in [1.165, 1.54) is 89.0 Å². The quantitative estimate of drug-likeness (QED) is 0.171. The minimum atomic E-state index is -0.356. The summed E-state index contributed by atoms with van der Waals surface area (Å²) in [6.45, 7) is 0. The van der Waals surface area contributed by atoms with Gasteiger partial charge in [-0.3, -0.25) is 0 Å². The lowest BCUT2D eigenvalue weighted by atomic mass is 9.70. The summed E-state index contributed by atoms with van der Waals surface area (Å²) in [5.41, 5.74) is 24.2. The molecule has 266 valence electrons. The minimum absolute atomic E-state index is 0.356. The Balaban J connectivity index is 0.970. The second kappa shape index (κ2) is 12.4. The average Bonchev–Trinajstić information content (AvgIpc) is 3.91. The largest absolute Gasteiger partial charge is 0.310 e. The highest BCUT2D eigenvalue weighted by atomic mass is 15.1. The van der Waals surface area contributed by atoms with E-state index in [0.29, 0.717) is 0 Å². The molecule has 0 fully saturated rings. The fourth-order valence-electron chi connectivity index (χ4n) is 10.2. The standard InChI is InChI=1S/C56H37N/c1-2-12-37(13-3-1)38-22-27-43(28-23-38)57(45-31-33-47-42(35-45)34-41-14-4-5-15-46(41)47)44-29-24-39(25-30-44)40-26-32-51-50-18-8-11-21-54(50)56(55(51)36-40)52-19-9-6-16-48(52)49-17-7-10-20-53(49)56/h1-33,35-36H,34H2. The molecule has 1 spiro atoms. The smallest absolute Gasteiger partial charge is 0.0725 e. The Bertz CT molecular complexity index is 2960. The highest BCUT2D eigenvalue weighted by molar-refractivity contribution is 5.96. The first-order chi connectivity index (χ1) is 28.3. The lowest BCUT2D eigenvalue weighted by Gasteiger charge is -2.30. The van der Waals surface area contributed by atoms with Gasteiger partial charge in [-0.1, -0.05) is 170 Å². The number of nitrogens with zero attached hydrogens (tertiary/aromatic N) is 1. The van der Waals surface area contributed by atoms with Crippen molar-refractivity contribution in [1.29, 1.82) is 0 Å². The van der Waals surface area contributed by atoms with Gasteiger partial charge >= 0.3 is 0 Å². The summed E-state index contributed by atoms with van der Waals surface area (Å²) >= 11 is 0. The first-order valence-electron chi connectivity index (χ1n) is 20.0. The molecule has 9 aromatic rings. The molecule has 0 N–H and O–H groups in total. The Morgan fingerprint density at radius 3 is 1.32 bits per heavy atom. The molecule has 3 aliphatic carbocycles. The second-order valence-corrected chi connectivity index (χ2v) is 15.6. The van der Waals surface area contributed by atoms with E-state index in [9.17, 15) is 0 Å². The summed E-state index contributed by atoms with van der Waals surface area (Å²) in [4.78, 5) is 2.41. The van der Waals surface area contributed by atoms with Crippen molar-refractivity contribution >= 4 is 17.1 Å². The number of fused-ring (bicyclic) bond motifs is 13. The molecular weight excluding hydrogens is 687 g/mol. The van der Waals surface area contributed by atoms with Crippen LogP contribution in [0.2, 0.25) is 0 Å². The Kier molecular flexibility index (Phi) is 6.97. The number of hydrogen-bond acceptors (Lipinski definition) is 1. The van der Waals surface area contributed by atoms with Gasteiger partial charge in [-0.15, -0.1) is 0 Å². The predicted molar refractivity (Wildman–Crippen MR) is 237 cm³/mol. The number of anilines is 3. The third-order valence-corrected chi connectivity index (χ3v) is 12.7. The van der Waals surface area contributed by atoms with Crippen LogP contribution in [0.4, 0.5) is 17.1 Å². The molecule has 1 heteroatoms. The molecule has 57 heavy (non-hydrogen) atoms. The van der Waals surface area contributed by atoms with Crippen molar-refractivity contribution in [3.05, 3.63) is 246 Å². The minimum Gasteiger partial charge on any atom is -0.310 e. The third kappa shape index (κ3) is 4.70. The molecule has 0 saturated heterocycles. The van der Waals surface area contributed by atoms with E-state index in [1.807, 2.05) is 0 Å². The molecule has 0 atom stereocenters. The Hall–Kier alpha value is -7.22. The van der Waals surface area contributed by atoms with Gasteiger partial charge in [0.25, 0.3) is 0 Å². The highest BCUT2D eigenvalue weighted by Gasteiger charge is 2.51. The van der Waals surface area contributed by atoms with Crippen molar-refractivity contribution in [1.82, 2.24) is 0 Å². The zero-order chi connectivity index (χ0) is 37.5. The van der Waals surface area contributed by atoms with Crippen LogP contribution in [0.5, 0.6) is 0 Å². The van der Waals surface area contributed by atoms with Crippen LogP contribution in [-0.4, -0.2) is 0 Å². The monoisotopic (exact) mass is 723 g/mol. The van der Waals surface area contributed by atoms with Crippen LogP contribution >= 0.6 is 0 Å². The highest BCUT2D eigenvalue weighted by Crippen LogP contribution is 2.63. The molecule has 3 aliphatic rings. The number of rotatable bonds is 5. The maximum Gasteiger partial charge on any atom is 0.0725 e. The van der Waals surface area contributed by atoms with Crippen molar-refractivity contribution in [2.24, 2.45) is 0 Å². The van der Waals surface area contributed by atoms with Crippen LogP contribution < -0.4 is 4.90 Å². The summed E-state index contributed by atoms with van der Waals surface area (Å²) < 4.78 is 0. The molecule has 12 rings (SSSR count). The van der Waals surface area contributed by atoms with Gasteiger partial charge in [0.05, 0.1) is 5.41 Å². The molecule has 0 radical (unpaired) electrons. The fourth-order valence-corrected chi connectivity index (χ4v) is 10.2. The van der Waals surface area contributed by atoms with Gasteiger partial charge in [-0.05, 0) is 138 Å². The van der Waals surface area contributed by atoms with Crippen LogP contribution in [0.15, 0.2) is 212 Å². The van der Waals surface area contributed by atoms with Gasteiger partial charge in [0, 0.05) is 17.1 Å². The molecule has 0 saturated carbocycles. The van der Waals surface area contributed by atoms with Crippen molar-refractivity contribution in [2.75, 3.05) is 4.90 Å². The van der Waals surface area contributed by atoms with E-state index in [-0.39, 0.29) is 5.41 Å². The van der Waals surface area contributed by atoms with Crippen molar-refractivity contribution in [3.63, 3.8) is 0 Å². The predicted octanol–water partition coefficient (Wildman–Crippen LogP) is 14.4. The van der Waals surface area contributed by atoms with Crippen molar-refractivity contribution in [2.45, 2.75) is 11.8 Å². The molecule has 9 aromatic carbocycles. The Labute approximate surface area is 333 Å². The van der Waals surface area contributed by atoms with E-state index in [2.05, 4.69) is 217 Å². The topological polar surface area (TPSA) is 3.24 Å². The van der Waals surface area contributed by atoms with E-state index in [1.54, 1.807) is 0 Å². The van der Waals surface area contributed by atoms with Crippen LogP contribution in [-0.2, 0) is 11.8 Å². The molecule has 0 aliphatic heterocycles. The molecule has 0 aromatic heterocycles. The van der Waals surface area contributed by atoms with E-state index >= 15 is 0 Å². The summed E-state index contributed by atoms with van der Waals surface area (Å²) in [5.74, 6) is 0. The van der Waals surface area contributed by atoms with Gasteiger partial charge in [0.1, 0.15) is 0 Å². The Morgan fingerprint density at radius 2 is 0.702 bits per heavy atom. The summed E-state index contributed by atoms with van der Waals surface area (Å²) in [5, 5.41) is 0. The van der Waals surface area contributed by atoms with E-state index in [4.69, 9.17) is 0 Å². The first-order valence-corrected chi connectivity index (χ1v) is 20.0. The second-order valence-electron chi connectivity index (χ2n) is 15.6. The van der Waals surface area contributed by atoms with Crippen LogP contribution in [0, 0.1) is 0 Å². The molecule has 0 unspecified atom stereocenters. The van der Waals surface area contributed by atoms with Crippen molar-refractivity contribution in [3.8, 4) is 55.6 Å². The molecule has 0 heterocycles. The number of hydrogen-bond donors (Lipinski definition) is 0. The van der Waals surface area contributed by atoms with Crippen LogP contribution in [0.3, 0.4) is 0 Å². The molecule has 1 nitrogen and oxygen atoms in total. The molecule has 0 bridgehead atoms. The lowest BCUT2D eigenvalue weighted by molar-refractivity contribution is 0.794. The zero-order valence-electron chi connectivity index (χ0n) is 31.4. The molecular formula is C56H37N. The van der Waals surface area contributed by atoms with Crippen LogP contribution in [0.1, 0.15) is 33.4 Å². The summed E-state index contributed by atoms with van der Waals surface area (Å²) in [6, 6.07) is 78.9. The number of benzene rings is 9. The normalized spacial score (nSPS) is 13.3. The van der Waals surface area contributed by atoms with Gasteiger partial charge in [-0.25, -0.2) is 0 Å². The molecule has 0 amide bonds. The third-order valence-electron chi connectivity index (χ3n) is 12.7. The SMILES string of the molecule is c1ccc(-c2ccc(N(c3ccc(-c4ccc5c(c4)C4(c6ccccc6-c6ccccc64)c4ccccc4-5)cc3)c3ccc4c(c3)Cc3ccccc3-4)cc2)cc1. The van der Waals surface area contributed by atoms with Gasteiger partial charge in [0.2, 0.25) is 0 Å². The summed E-state index contributed by atoms with van der Waals surface area (Å²) in [7, 11) is 0. The van der Waals surface area contributed by atoms with Gasteiger partial charge < -0.3 is 4.90 Å². The lowest BCUT2D eigenvalue weighted by Crippen LogP contribution is -2.25. The van der Waals surface area contributed by atoms with Crippen molar-refractivity contribution < 1.29 is 0 Å². The van der Waals surface area contributed by atoms with E-state index < -0.39 is 0 Å². The first kappa shape index (κ1) is 32.1. The fraction of sp³-hybridized carbons (Fsp3) is 0.0357. The zero-order valence-corrected chi connectivity index (χ0v) is 31.4.